The van der Waals surface area contributed by atoms with Crippen molar-refractivity contribution in [1.82, 2.24) is 9.88 Å². The molecular formula is C11H16N4OS. The van der Waals surface area contributed by atoms with Crippen LogP contribution in [0.4, 0.5) is 0 Å². The zero-order valence-electron chi connectivity index (χ0n) is 10.0. The van der Waals surface area contributed by atoms with Gasteiger partial charge < -0.3 is 10.6 Å². The Morgan fingerprint density at radius 2 is 2.47 bits per heavy atom. The third-order valence-electron chi connectivity index (χ3n) is 2.29. The minimum Gasteiger partial charge on any atom is -0.337 e. The van der Waals surface area contributed by atoms with Gasteiger partial charge in [-0.1, -0.05) is 0 Å². The maximum absolute atomic E-state index is 12.0. The lowest BCUT2D eigenvalue weighted by Gasteiger charge is -2.17. The van der Waals surface area contributed by atoms with Crippen LogP contribution in [0.2, 0.25) is 0 Å². The number of carbonyl (C=O) groups excluding carboxylic acids is 1. The predicted molar refractivity (Wildman–Crippen MR) is 66.5 cm³/mol. The lowest BCUT2D eigenvalue weighted by Crippen LogP contribution is -2.31. The van der Waals surface area contributed by atoms with Gasteiger partial charge in [0, 0.05) is 18.5 Å². The summed E-state index contributed by atoms with van der Waals surface area (Å²) < 4.78 is 0. The van der Waals surface area contributed by atoms with Crippen molar-refractivity contribution in [3.8, 4) is 6.07 Å². The molecule has 0 aliphatic rings. The van der Waals surface area contributed by atoms with Gasteiger partial charge in [-0.2, -0.15) is 5.26 Å². The van der Waals surface area contributed by atoms with Crippen LogP contribution in [0.5, 0.6) is 0 Å². The smallest absolute Gasteiger partial charge is 0.273 e. The molecule has 1 heterocycles. The largest absolute Gasteiger partial charge is 0.337 e. The first kappa shape index (κ1) is 13.6. The van der Waals surface area contributed by atoms with E-state index in [1.54, 1.807) is 10.3 Å². The number of aromatic nitrogens is 1. The molecule has 1 atom stereocenters. The zero-order chi connectivity index (χ0) is 12.8. The highest BCUT2D eigenvalue weighted by Gasteiger charge is 2.17. The number of nitrogens with two attached hydrogens (primary N) is 1. The van der Waals surface area contributed by atoms with E-state index in [0.717, 1.165) is 5.01 Å². The molecule has 0 aliphatic heterocycles. The summed E-state index contributed by atoms with van der Waals surface area (Å²) >= 11 is 1.39. The second kappa shape index (κ2) is 6.33. The molecule has 1 rings (SSSR count). The first-order valence-corrected chi connectivity index (χ1v) is 6.35. The lowest BCUT2D eigenvalue weighted by atomic mass is 10.3. The van der Waals surface area contributed by atoms with Crippen LogP contribution in [0.3, 0.4) is 0 Å². The molecule has 1 aromatic heterocycles. The van der Waals surface area contributed by atoms with E-state index in [4.69, 9.17) is 11.0 Å². The summed E-state index contributed by atoms with van der Waals surface area (Å²) in [6, 6.07) is 1.87. The van der Waals surface area contributed by atoms with Crippen molar-refractivity contribution >= 4 is 17.2 Å². The number of hydrogen-bond donors (Lipinski definition) is 1. The van der Waals surface area contributed by atoms with Gasteiger partial charge in [0.15, 0.2) is 0 Å². The summed E-state index contributed by atoms with van der Waals surface area (Å²) in [5.41, 5.74) is 6.11. The maximum Gasteiger partial charge on any atom is 0.273 e. The van der Waals surface area contributed by atoms with Crippen molar-refractivity contribution in [3.05, 3.63) is 16.1 Å². The lowest BCUT2D eigenvalue weighted by molar-refractivity contribution is 0.0762. The number of nitriles is 1. The van der Waals surface area contributed by atoms with E-state index in [1.807, 2.05) is 19.9 Å². The van der Waals surface area contributed by atoms with Gasteiger partial charge in [-0.3, -0.25) is 4.79 Å². The summed E-state index contributed by atoms with van der Waals surface area (Å²) in [5.74, 6) is -0.133. The molecule has 0 aliphatic carbocycles. The van der Waals surface area contributed by atoms with Crippen molar-refractivity contribution in [2.24, 2.45) is 5.73 Å². The minimum absolute atomic E-state index is 0.133. The molecule has 1 amide bonds. The van der Waals surface area contributed by atoms with Crippen LogP contribution >= 0.6 is 11.3 Å². The Balaban J connectivity index is 2.76. The van der Waals surface area contributed by atoms with Gasteiger partial charge in [-0.05, 0) is 13.8 Å². The number of hydrogen-bond acceptors (Lipinski definition) is 5. The van der Waals surface area contributed by atoms with Crippen molar-refractivity contribution in [3.63, 3.8) is 0 Å². The Labute approximate surface area is 105 Å². The summed E-state index contributed by atoms with van der Waals surface area (Å²) in [6.45, 7) is 4.73. The van der Waals surface area contributed by atoms with E-state index in [0.29, 0.717) is 25.2 Å². The summed E-state index contributed by atoms with van der Waals surface area (Å²) in [5, 5.41) is 11.0. The van der Waals surface area contributed by atoms with Crippen molar-refractivity contribution < 1.29 is 4.79 Å². The number of carbonyl (C=O) groups is 1. The van der Waals surface area contributed by atoms with E-state index < -0.39 is 0 Å². The second-order valence-corrected chi connectivity index (χ2v) is 4.54. The van der Waals surface area contributed by atoms with Crippen molar-refractivity contribution in [2.75, 3.05) is 13.1 Å². The van der Waals surface area contributed by atoms with E-state index in [1.165, 1.54) is 11.3 Å². The van der Waals surface area contributed by atoms with Gasteiger partial charge in [-0.25, -0.2) is 4.98 Å². The van der Waals surface area contributed by atoms with Crippen molar-refractivity contribution in [2.45, 2.75) is 26.3 Å². The topological polar surface area (TPSA) is 83.0 Å². The predicted octanol–water partition coefficient (Wildman–Crippen LogP) is 1.54. The first-order valence-electron chi connectivity index (χ1n) is 5.47. The SMILES string of the molecule is CCN(CCC#N)C(=O)c1csc(C(C)N)n1. The molecule has 0 saturated heterocycles. The Morgan fingerprint density at radius 1 is 1.76 bits per heavy atom. The molecule has 92 valence electrons. The standard InChI is InChI=1S/C11H16N4OS/c1-3-15(6-4-5-12)11(16)9-7-17-10(14-9)8(2)13/h7-8H,3-4,6,13H2,1-2H3. The Morgan fingerprint density at radius 3 is 2.94 bits per heavy atom. The Hall–Kier alpha value is -1.45. The van der Waals surface area contributed by atoms with Gasteiger partial charge in [0.2, 0.25) is 0 Å². The van der Waals surface area contributed by atoms with Gasteiger partial charge in [0.1, 0.15) is 10.7 Å². The van der Waals surface area contributed by atoms with Crippen LogP contribution in [0, 0.1) is 11.3 Å². The maximum atomic E-state index is 12.0. The van der Waals surface area contributed by atoms with E-state index in [9.17, 15) is 4.79 Å². The third kappa shape index (κ3) is 3.51. The quantitative estimate of drug-likeness (QED) is 0.861. The fourth-order valence-corrected chi connectivity index (χ4v) is 2.10. The van der Waals surface area contributed by atoms with Crippen LogP contribution in [0.15, 0.2) is 5.38 Å². The molecule has 0 fully saturated rings. The van der Waals surface area contributed by atoms with Crippen LogP contribution in [0.25, 0.3) is 0 Å². The van der Waals surface area contributed by atoms with Crippen LogP contribution in [-0.2, 0) is 0 Å². The van der Waals surface area contributed by atoms with Crippen LogP contribution in [0.1, 0.15) is 41.8 Å². The average molecular weight is 252 g/mol. The fourth-order valence-electron chi connectivity index (χ4n) is 1.35. The molecule has 17 heavy (non-hydrogen) atoms. The summed E-state index contributed by atoms with van der Waals surface area (Å²) in [7, 11) is 0. The van der Waals surface area contributed by atoms with Crippen molar-refractivity contribution in [1.29, 1.82) is 5.26 Å². The number of rotatable bonds is 5. The normalized spacial score (nSPS) is 11.9. The third-order valence-corrected chi connectivity index (χ3v) is 3.34. The highest BCUT2D eigenvalue weighted by atomic mass is 32.1. The molecule has 0 spiro atoms. The highest BCUT2D eigenvalue weighted by molar-refractivity contribution is 7.09. The molecule has 2 N–H and O–H groups in total. The molecule has 0 saturated carbocycles. The van der Waals surface area contributed by atoms with Crippen LogP contribution in [-0.4, -0.2) is 28.9 Å². The molecule has 0 aromatic carbocycles. The second-order valence-electron chi connectivity index (χ2n) is 3.65. The number of thiazole rings is 1. The summed E-state index contributed by atoms with van der Waals surface area (Å²) in [4.78, 5) is 17.9. The average Bonchev–Trinajstić information content (AvgIpc) is 2.79. The van der Waals surface area contributed by atoms with Gasteiger partial charge in [-0.15, -0.1) is 11.3 Å². The molecule has 1 unspecified atom stereocenters. The molecule has 0 bridgehead atoms. The highest BCUT2D eigenvalue weighted by Crippen LogP contribution is 2.17. The Bertz CT molecular complexity index is 421. The number of nitrogens with zero attached hydrogens (tertiary/aromatic N) is 3. The van der Waals surface area contributed by atoms with Crippen LogP contribution < -0.4 is 5.73 Å². The molecule has 0 radical (unpaired) electrons. The summed E-state index contributed by atoms with van der Waals surface area (Å²) in [6.07, 6.45) is 0.337. The minimum atomic E-state index is -0.157. The zero-order valence-corrected chi connectivity index (χ0v) is 10.8. The van der Waals surface area contributed by atoms with Gasteiger partial charge in [0.25, 0.3) is 5.91 Å². The molecule has 6 heteroatoms. The van der Waals surface area contributed by atoms with Gasteiger partial charge >= 0.3 is 0 Å². The van der Waals surface area contributed by atoms with Gasteiger partial charge in [0.05, 0.1) is 18.5 Å². The molecule has 1 aromatic rings. The Kier molecular flexibility index (Phi) is 5.07. The fraction of sp³-hybridized carbons (Fsp3) is 0.545. The van der Waals surface area contributed by atoms with E-state index in [2.05, 4.69) is 4.98 Å². The monoisotopic (exact) mass is 252 g/mol. The van der Waals surface area contributed by atoms with E-state index in [-0.39, 0.29) is 11.9 Å². The molecule has 5 nitrogen and oxygen atoms in total. The number of amides is 1. The first-order chi connectivity index (χ1) is 8.10. The van der Waals surface area contributed by atoms with E-state index >= 15 is 0 Å². The molecular weight excluding hydrogens is 236 g/mol.